The Bertz CT molecular complexity index is 527. The maximum Gasteiger partial charge on any atom is 0.357 e. The zero-order valence-electron chi connectivity index (χ0n) is 10.2. The fourth-order valence-corrected chi connectivity index (χ4v) is 2.23. The molecule has 0 unspecified atom stereocenters. The molecule has 0 atom stereocenters. The number of anilines is 1. The van der Waals surface area contributed by atoms with E-state index in [1.54, 1.807) is 17.8 Å². The van der Waals surface area contributed by atoms with Crippen molar-refractivity contribution in [3.05, 3.63) is 41.2 Å². The summed E-state index contributed by atoms with van der Waals surface area (Å²) in [5.74, 6) is -0.408. The number of nitrogens with zero attached hydrogens (tertiary/aromatic N) is 3. The molecule has 94 valence electrons. The molecule has 0 radical (unpaired) electrons. The number of methoxy groups -OCH3 is 1. The second-order valence-electron chi connectivity index (χ2n) is 3.72. The molecule has 5 nitrogen and oxygen atoms in total. The van der Waals surface area contributed by atoms with Crippen LogP contribution in [0.1, 0.15) is 16.1 Å². The number of hydrogen-bond acceptors (Lipinski definition) is 6. The van der Waals surface area contributed by atoms with Crippen LogP contribution in [0.4, 0.5) is 5.13 Å². The van der Waals surface area contributed by atoms with Gasteiger partial charge in [-0.25, -0.2) is 9.78 Å². The molecule has 0 N–H and O–H groups in total. The van der Waals surface area contributed by atoms with E-state index < -0.39 is 5.97 Å². The van der Waals surface area contributed by atoms with Crippen molar-refractivity contribution < 1.29 is 9.53 Å². The molecule has 2 rings (SSSR count). The van der Waals surface area contributed by atoms with Crippen molar-refractivity contribution >= 4 is 22.4 Å². The van der Waals surface area contributed by atoms with Crippen LogP contribution >= 0.6 is 11.3 Å². The third-order valence-corrected chi connectivity index (χ3v) is 3.34. The van der Waals surface area contributed by atoms with Gasteiger partial charge in [-0.2, -0.15) is 0 Å². The van der Waals surface area contributed by atoms with Gasteiger partial charge in [0.2, 0.25) is 0 Å². The quantitative estimate of drug-likeness (QED) is 0.789. The zero-order chi connectivity index (χ0) is 13.0. The summed E-state index contributed by atoms with van der Waals surface area (Å²) in [7, 11) is 3.28. The Labute approximate surface area is 109 Å². The van der Waals surface area contributed by atoms with Gasteiger partial charge < -0.3 is 9.64 Å². The first-order valence-corrected chi connectivity index (χ1v) is 6.22. The van der Waals surface area contributed by atoms with E-state index in [0.717, 1.165) is 17.2 Å². The van der Waals surface area contributed by atoms with Gasteiger partial charge in [-0.05, 0) is 17.7 Å². The second kappa shape index (κ2) is 5.59. The molecule has 2 aromatic rings. The van der Waals surface area contributed by atoms with Gasteiger partial charge in [0, 0.05) is 31.4 Å². The number of ether oxygens (including phenoxy) is 1. The molecular weight excluding hydrogens is 250 g/mol. The molecule has 0 bridgehead atoms. The molecule has 0 amide bonds. The first kappa shape index (κ1) is 12.5. The van der Waals surface area contributed by atoms with Crippen molar-refractivity contribution in [2.24, 2.45) is 0 Å². The molecule has 0 saturated heterocycles. The molecular formula is C12H13N3O2S. The Morgan fingerprint density at radius 1 is 1.44 bits per heavy atom. The van der Waals surface area contributed by atoms with Crippen molar-refractivity contribution in [3.8, 4) is 0 Å². The maximum absolute atomic E-state index is 11.3. The van der Waals surface area contributed by atoms with Gasteiger partial charge >= 0.3 is 5.97 Å². The average Bonchev–Trinajstić information content (AvgIpc) is 2.88. The minimum atomic E-state index is -0.408. The van der Waals surface area contributed by atoms with E-state index in [0.29, 0.717) is 5.69 Å². The smallest absolute Gasteiger partial charge is 0.357 e. The molecule has 18 heavy (non-hydrogen) atoms. The molecule has 0 aliphatic rings. The van der Waals surface area contributed by atoms with Crippen molar-refractivity contribution in [1.82, 2.24) is 9.97 Å². The second-order valence-corrected chi connectivity index (χ2v) is 4.55. The van der Waals surface area contributed by atoms with E-state index in [-0.39, 0.29) is 0 Å². The summed E-state index contributed by atoms with van der Waals surface area (Å²) in [4.78, 5) is 21.5. The number of carbonyl (C=O) groups is 1. The minimum absolute atomic E-state index is 0.346. The van der Waals surface area contributed by atoms with Gasteiger partial charge in [0.05, 0.1) is 7.11 Å². The lowest BCUT2D eigenvalue weighted by Crippen LogP contribution is -2.16. The van der Waals surface area contributed by atoms with Gasteiger partial charge in [0.15, 0.2) is 10.8 Å². The molecule has 0 fully saturated rings. The Morgan fingerprint density at radius 2 is 2.17 bits per heavy atom. The lowest BCUT2D eigenvalue weighted by atomic mass is 10.2. The Hall–Kier alpha value is -1.95. The maximum atomic E-state index is 11.3. The van der Waals surface area contributed by atoms with E-state index in [1.807, 2.05) is 24.1 Å². The normalized spacial score (nSPS) is 10.1. The van der Waals surface area contributed by atoms with Crippen LogP contribution in [0.2, 0.25) is 0 Å². The minimum Gasteiger partial charge on any atom is -0.464 e. The highest BCUT2D eigenvalue weighted by molar-refractivity contribution is 7.13. The SMILES string of the molecule is COC(=O)c1csc(N(C)Cc2ccncc2)n1. The first-order valence-electron chi connectivity index (χ1n) is 5.34. The number of esters is 1. The van der Waals surface area contributed by atoms with Gasteiger partial charge in [0.25, 0.3) is 0 Å². The Kier molecular flexibility index (Phi) is 3.88. The van der Waals surface area contributed by atoms with Crippen molar-refractivity contribution in [2.75, 3.05) is 19.1 Å². The lowest BCUT2D eigenvalue weighted by Gasteiger charge is -2.15. The molecule has 0 saturated carbocycles. The largest absolute Gasteiger partial charge is 0.464 e. The summed E-state index contributed by atoms with van der Waals surface area (Å²) >= 11 is 1.42. The number of hydrogen-bond donors (Lipinski definition) is 0. The predicted octanol–water partition coefficient (Wildman–Crippen LogP) is 1.96. The number of carbonyl (C=O) groups excluding carboxylic acids is 1. The summed E-state index contributed by atoms with van der Waals surface area (Å²) in [5.41, 5.74) is 1.49. The van der Waals surface area contributed by atoms with E-state index in [4.69, 9.17) is 0 Å². The van der Waals surface area contributed by atoms with E-state index in [1.165, 1.54) is 18.4 Å². The van der Waals surface area contributed by atoms with E-state index >= 15 is 0 Å². The summed E-state index contributed by atoms with van der Waals surface area (Å²) < 4.78 is 4.63. The van der Waals surface area contributed by atoms with Crippen molar-refractivity contribution in [2.45, 2.75) is 6.54 Å². The molecule has 0 spiro atoms. The molecule has 0 aliphatic heterocycles. The first-order chi connectivity index (χ1) is 8.70. The van der Waals surface area contributed by atoms with E-state index in [9.17, 15) is 4.79 Å². The summed E-state index contributed by atoms with van der Waals surface area (Å²) in [6.07, 6.45) is 3.51. The Balaban J connectivity index is 2.07. The van der Waals surface area contributed by atoms with Gasteiger partial charge in [-0.15, -0.1) is 11.3 Å². The average molecular weight is 263 g/mol. The molecule has 0 aromatic carbocycles. The van der Waals surface area contributed by atoms with Crippen LogP contribution in [0.5, 0.6) is 0 Å². The van der Waals surface area contributed by atoms with Gasteiger partial charge in [-0.3, -0.25) is 4.98 Å². The predicted molar refractivity (Wildman–Crippen MR) is 69.8 cm³/mol. The molecule has 2 aromatic heterocycles. The van der Waals surface area contributed by atoms with Crippen LogP contribution in [0.3, 0.4) is 0 Å². The van der Waals surface area contributed by atoms with E-state index in [2.05, 4.69) is 14.7 Å². The fourth-order valence-electron chi connectivity index (χ4n) is 1.47. The van der Waals surface area contributed by atoms with Crippen molar-refractivity contribution in [1.29, 1.82) is 0 Å². The highest BCUT2D eigenvalue weighted by atomic mass is 32.1. The van der Waals surface area contributed by atoms with Crippen LogP contribution in [-0.4, -0.2) is 30.1 Å². The standard InChI is InChI=1S/C12H13N3O2S/c1-15(7-9-3-5-13-6-4-9)12-14-10(8-18-12)11(16)17-2/h3-6,8H,7H2,1-2H3. The third-order valence-electron chi connectivity index (χ3n) is 2.38. The lowest BCUT2D eigenvalue weighted by molar-refractivity contribution is 0.0595. The Morgan fingerprint density at radius 3 is 2.83 bits per heavy atom. The summed E-state index contributed by atoms with van der Waals surface area (Å²) in [5, 5.41) is 2.48. The van der Waals surface area contributed by atoms with Crippen LogP contribution < -0.4 is 4.90 Å². The topological polar surface area (TPSA) is 55.3 Å². The van der Waals surface area contributed by atoms with Crippen LogP contribution in [0, 0.1) is 0 Å². The van der Waals surface area contributed by atoms with Crippen LogP contribution in [0.25, 0.3) is 0 Å². The number of thiazole rings is 1. The highest BCUT2D eigenvalue weighted by Gasteiger charge is 2.13. The zero-order valence-corrected chi connectivity index (χ0v) is 11.0. The van der Waals surface area contributed by atoms with Gasteiger partial charge in [-0.1, -0.05) is 0 Å². The fraction of sp³-hybridized carbons (Fsp3) is 0.250. The van der Waals surface area contributed by atoms with Crippen LogP contribution in [0.15, 0.2) is 29.9 Å². The summed E-state index contributed by atoms with van der Waals surface area (Å²) in [6, 6.07) is 3.90. The summed E-state index contributed by atoms with van der Waals surface area (Å²) in [6.45, 7) is 0.719. The monoisotopic (exact) mass is 263 g/mol. The molecule has 2 heterocycles. The third kappa shape index (κ3) is 2.84. The molecule has 6 heteroatoms. The molecule has 0 aliphatic carbocycles. The van der Waals surface area contributed by atoms with Crippen molar-refractivity contribution in [3.63, 3.8) is 0 Å². The number of aromatic nitrogens is 2. The highest BCUT2D eigenvalue weighted by Crippen LogP contribution is 2.21. The van der Waals surface area contributed by atoms with Gasteiger partial charge in [0.1, 0.15) is 0 Å². The number of pyridine rings is 1. The number of rotatable bonds is 4. The van der Waals surface area contributed by atoms with Crippen LogP contribution in [-0.2, 0) is 11.3 Å².